The Bertz CT molecular complexity index is 894. The standard InChI is InChI=1S/C16H15N5O3/c1-11-7-15(21-16(19-11)17-10-18-21)24-13-8-20(9-13)14(22)5-4-12-3-2-6-23-12/h2-7,10,13H,8-9H2,1H3. The summed E-state index contributed by atoms with van der Waals surface area (Å²) in [5.41, 5.74) is 0.805. The molecule has 4 rings (SSSR count). The predicted octanol–water partition coefficient (Wildman–Crippen LogP) is 1.33. The van der Waals surface area contributed by atoms with Crippen LogP contribution in [0.3, 0.4) is 0 Å². The minimum atomic E-state index is -0.0693. The monoisotopic (exact) mass is 325 g/mol. The zero-order valence-corrected chi connectivity index (χ0v) is 13.0. The van der Waals surface area contributed by atoms with Crippen molar-refractivity contribution in [2.24, 2.45) is 0 Å². The molecule has 0 aliphatic carbocycles. The lowest BCUT2D eigenvalue weighted by atomic mass is 10.1. The number of likely N-dealkylation sites (tertiary alicyclic amines) is 1. The second kappa shape index (κ2) is 5.80. The Morgan fingerprint density at radius 2 is 2.33 bits per heavy atom. The molecule has 3 aromatic heterocycles. The van der Waals surface area contributed by atoms with Gasteiger partial charge in [-0.05, 0) is 25.1 Å². The van der Waals surface area contributed by atoms with Crippen LogP contribution in [0, 0.1) is 6.92 Å². The summed E-state index contributed by atoms with van der Waals surface area (Å²) in [7, 11) is 0. The highest BCUT2D eigenvalue weighted by Crippen LogP contribution is 2.19. The maximum absolute atomic E-state index is 12.0. The highest BCUT2D eigenvalue weighted by Gasteiger charge is 2.31. The number of furan rings is 1. The van der Waals surface area contributed by atoms with Crippen LogP contribution in [0.2, 0.25) is 0 Å². The van der Waals surface area contributed by atoms with Crippen LogP contribution in [-0.2, 0) is 4.79 Å². The van der Waals surface area contributed by atoms with E-state index in [0.29, 0.717) is 30.5 Å². The molecule has 0 aromatic carbocycles. The summed E-state index contributed by atoms with van der Waals surface area (Å²) < 4.78 is 12.6. The van der Waals surface area contributed by atoms with E-state index >= 15 is 0 Å². The molecule has 8 nitrogen and oxygen atoms in total. The second-order valence-corrected chi connectivity index (χ2v) is 5.54. The summed E-state index contributed by atoms with van der Waals surface area (Å²) in [6, 6.07) is 5.38. The van der Waals surface area contributed by atoms with Crippen molar-refractivity contribution in [2.45, 2.75) is 13.0 Å². The van der Waals surface area contributed by atoms with Crippen LogP contribution in [0.5, 0.6) is 5.88 Å². The molecular weight excluding hydrogens is 310 g/mol. The van der Waals surface area contributed by atoms with Gasteiger partial charge in [-0.3, -0.25) is 4.79 Å². The number of carbonyl (C=O) groups is 1. The first kappa shape index (κ1) is 14.4. The molecule has 1 fully saturated rings. The van der Waals surface area contributed by atoms with Crippen molar-refractivity contribution >= 4 is 17.8 Å². The molecule has 0 spiro atoms. The fourth-order valence-electron chi connectivity index (χ4n) is 2.49. The van der Waals surface area contributed by atoms with E-state index in [0.717, 1.165) is 5.69 Å². The van der Waals surface area contributed by atoms with Gasteiger partial charge in [0, 0.05) is 17.8 Å². The van der Waals surface area contributed by atoms with Crippen molar-refractivity contribution < 1.29 is 13.9 Å². The lowest BCUT2D eigenvalue weighted by Gasteiger charge is -2.38. The number of aryl methyl sites for hydroxylation is 1. The van der Waals surface area contributed by atoms with Gasteiger partial charge >= 0.3 is 0 Å². The second-order valence-electron chi connectivity index (χ2n) is 5.54. The molecule has 1 aliphatic rings. The van der Waals surface area contributed by atoms with E-state index in [-0.39, 0.29) is 12.0 Å². The fraction of sp³-hybridized carbons (Fsp3) is 0.250. The molecule has 1 amide bonds. The zero-order chi connectivity index (χ0) is 16.5. The first-order valence-corrected chi connectivity index (χ1v) is 7.53. The quantitative estimate of drug-likeness (QED) is 0.673. The Balaban J connectivity index is 1.37. The number of hydrogen-bond donors (Lipinski definition) is 0. The summed E-state index contributed by atoms with van der Waals surface area (Å²) in [6.45, 7) is 2.93. The minimum Gasteiger partial charge on any atom is -0.470 e. The molecule has 0 atom stereocenters. The van der Waals surface area contributed by atoms with Crippen LogP contribution >= 0.6 is 0 Å². The summed E-state index contributed by atoms with van der Waals surface area (Å²) in [5.74, 6) is 1.66. The molecule has 24 heavy (non-hydrogen) atoms. The van der Waals surface area contributed by atoms with Gasteiger partial charge < -0.3 is 14.1 Å². The minimum absolute atomic E-state index is 0.0666. The van der Waals surface area contributed by atoms with Gasteiger partial charge in [-0.15, -0.1) is 0 Å². The van der Waals surface area contributed by atoms with E-state index in [9.17, 15) is 4.79 Å². The van der Waals surface area contributed by atoms with E-state index in [1.165, 1.54) is 12.4 Å². The number of fused-ring (bicyclic) bond motifs is 1. The van der Waals surface area contributed by atoms with Crippen LogP contribution < -0.4 is 4.74 Å². The van der Waals surface area contributed by atoms with Gasteiger partial charge in [-0.1, -0.05) is 0 Å². The topological polar surface area (TPSA) is 85.8 Å². The maximum atomic E-state index is 12.0. The summed E-state index contributed by atoms with van der Waals surface area (Å²) in [4.78, 5) is 22.1. The van der Waals surface area contributed by atoms with Crippen LogP contribution in [0.1, 0.15) is 11.5 Å². The SMILES string of the molecule is Cc1cc(OC2CN(C(=O)C=Cc3ccco3)C2)n2ncnc2n1. The number of nitrogens with zero attached hydrogens (tertiary/aromatic N) is 5. The Morgan fingerprint density at radius 1 is 1.46 bits per heavy atom. The fourth-order valence-corrected chi connectivity index (χ4v) is 2.49. The number of hydrogen-bond acceptors (Lipinski definition) is 6. The molecule has 3 aromatic rings. The number of ether oxygens (including phenoxy) is 1. The van der Waals surface area contributed by atoms with Gasteiger partial charge in [0.1, 0.15) is 18.2 Å². The molecule has 0 N–H and O–H groups in total. The lowest BCUT2D eigenvalue weighted by Crippen LogP contribution is -2.55. The predicted molar refractivity (Wildman–Crippen MR) is 84.3 cm³/mol. The lowest BCUT2D eigenvalue weighted by molar-refractivity contribution is -0.134. The van der Waals surface area contributed by atoms with Crippen molar-refractivity contribution in [1.29, 1.82) is 0 Å². The molecule has 1 aliphatic heterocycles. The summed E-state index contributed by atoms with van der Waals surface area (Å²) in [5, 5.41) is 4.10. The maximum Gasteiger partial charge on any atom is 0.255 e. The smallest absolute Gasteiger partial charge is 0.255 e. The van der Waals surface area contributed by atoms with Crippen molar-refractivity contribution in [1.82, 2.24) is 24.5 Å². The van der Waals surface area contributed by atoms with E-state index < -0.39 is 0 Å². The Hall–Kier alpha value is -3.16. The third-order valence-corrected chi connectivity index (χ3v) is 3.73. The highest BCUT2D eigenvalue weighted by atomic mass is 16.5. The largest absolute Gasteiger partial charge is 0.470 e. The average Bonchev–Trinajstić information content (AvgIpc) is 3.18. The molecule has 0 radical (unpaired) electrons. The molecule has 0 saturated carbocycles. The average molecular weight is 325 g/mol. The van der Waals surface area contributed by atoms with E-state index in [1.54, 1.807) is 33.9 Å². The number of carbonyl (C=O) groups excluding carboxylic acids is 1. The number of aromatic nitrogens is 4. The normalized spacial score (nSPS) is 15.1. The molecule has 4 heterocycles. The summed E-state index contributed by atoms with van der Waals surface area (Å²) in [6.07, 6.45) is 6.09. The van der Waals surface area contributed by atoms with Crippen LogP contribution in [0.4, 0.5) is 0 Å². The molecular formula is C16H15N5O3. The van der Waals surface area contributed by atoms with E-state index in [1.807, 2.05) is 13.0 Å². The van der Waals surface area contributed by atoms with Gasteiger partial charge in [0.25, 0.3) is 5.78 Å². The molecule has 122 valence electrons. The Morgan fingerprint density at radius 3 is 3.12 bits per heavy atom. The van der Waals surface area contributed by atoms with Gasteiger partial charge in [0.05, 0.1) is 19.4 Å². The van der Waals surface area contributed by atoms with E-state index in [2.05, 4.69) is 15.1 Å². The molecule has 8 heteroatoms. The van der Waals surface area contributed by atoms with Crippen molar-refractivity contribution in [2.75, 3.05) is 13.1 Å². The van der Waals surface area contributed by atoms with Crippen LogP contribution in [0.15, 0.2) is 41.3 Å². The first-order chi connectivity index (χ1) is 11.7. The molecule has 1 saturated heterocycles. The van der Waals surface area contributed by atoms with Crippen LogP contribution in [0.25, 0.3) is 11.9 Å². The van der Waals surface area contributed by atoms with E-state index in [4.69, 9.17) is 9.15 Å². The molecule has 0 bridgehead atoms. The van der Waals surface area contributed by atoms with Gasteiger partial charge in [0.15, 0.2) is 0 Å². The Labute approximate surface area is 137 Å². The number of rotatable bonds is 4. The van der Waals surface area contributed by atoms with Crippen molar-refractivity contribution in [3.63, 3.8) is 0 Å². The van der Waals surface area contributed by atoms with Crippen molar-refractivity contribution in [3.05, 3.63) is 48.3 Å². The van der Waals surface area contributed by atoms with Crippen LogP contribution in [-0.4, -0.2) is 49.6 Å². The summed E-state index contributed by atoms with van der Waals surface area (Å²) >= 11 is 0. The Kier molecular flexibility index (Phi) is 3.49. The zero-order valence-electron chi connectivity index (χ0n) is 13.0. The number of amides is 1. The van der Waals surface area contributed by atoms with Gasteiger partial charge in [0.2, 0.25) is 11.8 Å². The highest BCUT2D eigenvalue weighted by molar-refractivity contribution is 5.92. The third-order valence-electron chi connectivity index (χ3n) is 3.73. The van der Waals surface area contributed by atoms with Gasteiger partial charge in [-0.25, -0.2) is 4.98 Å². The van der Waals surface area contributed by atoms with Gasteiger partial charge in [-0.2, -0.15) is 14.6 Å². The third kappa shape index (κ3) is 2.73. The van der Waals surface area contributed by atoms with Crippen molar-refractivity contribution in [3.8, 4) is 5.88 Å². The first-order valence-electron chi connectivity index (χ1n) is 7.53. The molecule has 0 unspecified atom stereocenters.